The Kier molecular flexibility index (Phi) is 8.87. The number of hydrogen-bond donors (Lipinski definition) is 2. The highest BCUT2D eigenvalue weighted by Gasteiger charge is 2.33. The number of ether oxygens (including phenoxy) is 1. The molecule has 0 aromatic heterocycles. The SMILES string of the molecule is CC(C)OCCCNC(=O)C1CCN(C(=O)C2CNC2)CC1.Cl. The van der Waals surface area contributed by atoms with Gasteiger partial charge in [0.05, 0.1) is 12.0 Å². The summed E-state index contributed by atoms with van der Waals surface area (Å²) in [5.41, 5.74) is 0. The lowest BCUT2D eigenvalue weighted by Gasteiger charge is -2.36. The Balaban J connectivity index is 0.00000264. The standard InChI is InChI=1S/C16H29N3O3.ClH/c1-12(2)22-9-3-6-18-15(20)13-4-7-19(8-5-13)16(21)14-10-17-11-14;/h12-14,17H,3-11H2,1-2H3,(H,18,20);1H. The molecule has 2 N–H and O–H groups in total. The number of nitrogens with one attached hydrogen (secondary N) is 2. The predicted molar refractivity (Wildman–Crippen MR) is 91.6 cm³/mol. The summed E-state index contributed by atoms with van der Waals surface area (Å²) in [7, 11) is 0. The van der Waals surface area contributed by atoms with Crippen LogP contribution in [0.25, 0.3) is 0 Å². The molecule has 0 unspecified atom stereocenters. The predicted octanol–water partition coefficient (Wildman–Crippen LogP) is 0.798. The molecule has 0 aromatic carbocycles. The fourth-order valence-corrected chi connectivity index (χ4v) is 2.83. The first-order valence-electron chi connectivity index (χ1n) is 8.46. The summed E-state index contributed by atoms with van der Waals surface area (Å²) >= 11 is 0. The largest absolute Gasteiger partial charge is 0.379 e. The van der Waals surface area contributed by atoms with E-state index in [1.54, 1.807) is 0 Å². The molecular formula is C16H30ClN3O3. The van der Waals surface area contributed by atoms with Crippen LogP contribution < -0.4 is 10.6 Å². The van der Waals surface area contributed by atoms with Crippen molar-refractivity contribution in [2.75, 3.05) is 39.3 Å². The quantitative estimate of drug-likeness (QED) is 0.668. The minimum Gasteiger partial charge on any atom is -0.379 e. The number of rotatable bonds is 7. The van der Waals surface area contributed by atoms with Crippen LogP contribution in [0.15, 0.2) is 0 Å². The minimum absolute atomic E-state index is 0. The average molecular weight is 348 g/mol. The zero-order valence-electron chi connectivity index (χ0n) is 14.2. The second-order valence-electron chi connectivity index (χ2n) is 6.52. The topological polar surface area (TPSA) is 70.7 Å². The Morgan fingerprint density at radius 2 is 1.87 bits per heavy atom. The molecule has 0 bridgehead atoms. The summed E-state index contributed by atoms with van der Waals surface area (Å²) in [5, 5.41) is 6.11. The van der Waals surface area contributed by atoms with Crippen LogP contribution in [0.5, 0.6) is 0 Å². The molecule has 134 valence electrons. The first kappa shape index (κ1) is 20.2. The maximum atomic E-state index is 12.1. The van der Waals surface area contributed by atoms with Gasteiger partial charge in [0.2, 0.25) is 11.8 Å². The lowest BCUT2D eigenvalue weighted by atomic mass is 9.93. The van der Waals surface area contributed by atoms with E-state index in [-0.39, 0.29) is 42.2 Å². The Hall–Kier alpha value is -0.850. The number of hydrogen-bond acceptors (Lipinski definition) is 4. The van der Waals surface area contributed by atoms with Gasteiger partial charge in [0.25, 0.3) is 0 Å². The summed E-state index contributed by atoms with van der Waals surface area (Å²) in [4.78, 5) is 26.2. The van der Waals surface area contributed by atoms with Crippen LogP contribution >= 0.6 is 12.4 Å². The van der Waals surface area contributed by atoms with Crippen molar-refractivity contribution in [3.8, 4) is 0 Å². The molecule has 6 nitrogen and oxygen atoms in total. The van der Waals surface area contributed by atoms with Crippen molar-refractivity contribution >= 4 is 24.2 Å². The second-order valence-corrected chi connectivity index (χ2v) is 6.52. The molecule has 0 aliphatic carbocycles. The van der Waals surface area contributed by atoms with Gasteiger partial charge in [-0.3, -0.25) is 9.59 Å². The summed E-state index contributed by atoms with van der Waals surface area (Å²) in [6.07, 6.45) is 2.64. The molecule has 0 radical (unpaired) electrons. The van der Waals surface area contributed by atoms with E-state index in [0.717, 1.165) is 32.4 Å². The van der Waals surface area contributed by atoms with E-state index in [4.69, 9.17) is 4.74 Å². The molecule has 2 fully saturated rings. The van der Waals surface area contributed by atoms with Crippen molar-refractivity contribution in [2.24, 2.45) is 11.8 Å². The van der Waals surface area contributed by atoms with E-state index >= 15 is 0 Å². The van der Waals surface area contributed by atoms with Crippen LogP contribution in [-0.4, -0.2) is 62.1 Å². The number of amides is 2. The van der Waals surface area contributed by atoms with Gasteiger partial charge in [-0.25, -0.2) is 0 Å². The zero-order valence-corrected chi connectivity index (χ0v) is 15.0. The second kappa shape index (κ2) is 10.1. The van der Waals surface area contributed by atoms with E-state index in [9.17, 15) is 9.59 Å². The molecule has 0 spiro atoms. The maximum absolute atomic E-state index is 12.1. The van der Waals surface area contributed by atoms with Gasteiger partial charge in [-0.1, -0.05) is 0 Å². The first-order valence-corrected chi connectivity index (χ1v) is 8.46. The molecule has 2 aliphatic heterocycles. The van der Waals surface area contributed by atoms with Crippen LogP contribution in [-0.2, 0) is 14.3 Å². The van der Waals surface area contributed by atoms with Gasteiger partial charge >= 0.3 is 0 Å². The van der Waals surface area contributed by atoms with Crippen LogP contribution in [0.1, 0.15) is 33.1 Å². The van der Waals surface area contributed by atoms with E-state index in [1.165, 1.54) is 0 Å². The van der Waals surface area contributed by atoms with E-state index < -0.39 is 0 Å². The van der Waals surface area contributed by atoms with Gasteiger partial charge in [-0.05, 0) is 33.1 Å². The Labute approximate surface area is 145 Å². The third-order valence-electron chi connectivity index (χ3n) is 4.38. The van der Waals surface area contributed by atoms with E-state index in [0.29, 0.717) is 26.2 Å². The number of likely N-dealkylation sites (tertiary alicyclic amines) is 1. The monoisotopic (exact) mass is 347 g/mol. The number of piperidine rings is 1. The summed E-state index contributed by atoms with van der Waals surface area (Å²) in [6.45, 7) is 8.39. The van der Waals surface area contributed by atoms with Gasteiger partial charge in [-0.2, -0.15) is 0 Å². The highest BCUT2D eigenvalue weighted by atomic mass is 35.5. The molecule has 0 aromatic rings. The third kappa shape index (κ3) is 6.28. The van der Waals surface area contributed by atoms with Gasteiger partial charge in [0.1, 0.15) is 0 Å². The van der Waals surface area contributed by atoms with E-state index in [2.05, 4.69) is 10.6 Å². The zero-order chi connectivity index (χ0) is 15.9. The van der Waals surface area contributed by atoms with Crippen LogP contribution in [0.3, 0.4) is 0 Å². The number of halogens is 1. The fraction of sp³-hybridized carbons (Fsp3) is 0.875. The Morgan fingerprint density at radius 1 is 1.22 bits per heavy atom. The molecule has 2 saturated heterocycles. The average Bonchev–Trinajstić information content (AvgIpc) is 2.44. The van der Waals surface area contributed by atoms with Crippen molar-refractivity contribution in [1.82, 2.24) is 15.5 Å². The van der Waals surface area contributed by atoms with Crippen LogP contribution in [0.4, 0.5) is 0 Å². The number of carbonyl (C=O) groups is 2. The summed E-state index contributed by atoms with van der Waals surface area (Å²) < 4.78 is 5.45. The van der Waals surface area contributed by atoms with E-state index in [1.807, 2.05) is 18.7 Å². The normalized spacial score (nSPS) is 19.2. The van der Waals surface area contributed by atoms with Crippen molar-refractivity contribution in [2.45, 2.75) is 39.2 Å². The first-order chi connectivity index (χ1) is 10.6. The molecular weight excluding hydrogens is 318 g/mol. The number of carbonyl (C=O) groups excluding carboxylic acids is 2. The van der Waals surface area contributed by atoms with Gasteiger partial charge < -0.3 is 20.3 Å². The lowest BCUT2D eigenvalue weighted by molar-refractivity contribution is -0.140. The molecule has 2 rings (SSSR count). The molecule has 2 aliphatic rings. The van der Waals surface area contributed by atoms with Crippen molar-refractivity contribution in [1.29, 1.82) is 0 Å². The molecule has 2 heterocycles. The fourth-order valence-electron chi connectivity index (χ4n) is 2.83. The smallest absolute Gasteiger partial charge is 0.228 e. The van der Waals surface area contributed by atoms with Crippen LogP contribution in [0, 0.1) is 11.8 Å². The Bertz CT molecular complexity index is 381. The molecule has 7 heteroatoms. The van der Waals surface area contributed by atoms with Gasteiger partial charge in [0.15, 0.2) is 0 Å². The molecule has 2 amide bonds. The highest BCUT2D eigenvalue weighted by molar-refractivity contribution is 5.85. The molecule has 0 saturated carbocycles. The van der Waals surface area contributed by atoms with Gasteiger partial charge in [0, 0.05) is 45.2 Å². The maximum Gasteiger partial charge on any atom is 0.228 e. The minimum atomic E-state index is 0. The van der Waals surface area contributed by atoms with Crippen molar-refractivity contribution in [3.63, 3.8) is 0 Å². The Morgan fingerprint density at radius 3 is 2.39 bits per heavy atom. The summed E-state index contributed by atoms with van der Waals surface area (Å²) in [6, 6.07) is 0. The molecule has 23 heavy (non-hydrogen) atoms. The lowest BCUT2D eigenvalue weighted by Crippen LogP contribution is -2.54. The molecule has 0 atom stereocenters. The van der Waals surface area contributed by atoms with Crippen LogP contribution in [0.2, 0.25) is 0 Å². The summed E-state index contributed by atoms with van der Waals surface area (Å²) in [5.74, 6) is 0.589. The van der Waals surface area contributed by atoms with Crippen molar-refractivity contribution in [3.05, 3.63) is 0 Å². The van der Waals surface area contributed by atoms with Gasteiger partial charge in [-0.15, -0.1) is 12.4 Å². The third-order valence-corrected chi connectivity index (χ3v) is 4.38. The number of nitrogens with zero attached hydrogens (tertiary/aromatic N) is 1. The highest BCUT2D eigenvalue weighted by Crippen LogP contribution is 2.20. The van der Waals surface area contributed by atoms with Crippen molar-refractivity contribution < 1.29 is 14.3 Å².